The lowest BCUT2D eigenvalue weighted by Gasteiger charge is -2.31. The summed E-state index contributed by atoms with van der Waals surface area (Å²) in [5.41, 5.74) is 0. The molecule has 3 unspecified atom stereocenters. The Morgan fingerprint density at radius 2 is 1.67 bits per heavy atom. The summed E-state index contributed by atoms with van der Waals surface area (Å²) in [4.78, 5) is 0. The lowest BCUT2D eigenvalue weighted by Crippen LogP contribution is -2.36. The van der Waals surface area contributed by atoms with Crippen molar-refractivity contribution in [2.24, 2.45) is 5.92 Å². The fraction of sp³-hybridized carbons (Fsp3) is 1.00. The Morgan fingerprint density at radius 3 is 2.08 bits per heavy atom. The van der Waals surface area contributed by atoms with E-state index in [1.165, 1.54) is 0 Å². The molecule has 1 saturated carbocycles. The molecule has 0 N–H and O–H groups in total. The van der Waals surface area contributed by atoms with E-state index in [0.29, 0.717) is 6.42 Å². The number of halogens is 5. The number of hydrogen-bond donors (Lipinski definition) is 0. The van der Waals surface area contributed by atoms with Gasteiger partial charge in [0.25, 0.3) is 0 Å². The van der Waals surface area contributed by atoms with Crippen LogP contribution in [0.15, 0.2) is 0 Å². The smallest absolute Gasteiger partial charge is 0.171 e. The van der Waals surface area contributed by atoms with Crippen molar-refractivity contribution in [2.75, 3.05) is 0 Å². The zero-order chi connectivity index (χ0) is 9.35. The Hall–Kier alpha value is 0.370. The van der Waals surface area contributed by atoms with Crippen LogP contribution in [0.1, 0.15) is 19.3 Å². The van der Waals surface area contributed by atoms with Crippen LogP contribution < -0.4 is 0 Å². The van der Waals surface area contributed by atoms with Crippen molar-refractivity contribution in [2.45, 2.75) is 36.2 Å². The maximum atomic E-state index is 12.2. The third-order valence-corrected chi connectivity index (χ3v) is 3.01. The Labute approximate surface area is 79.0 Å². The molecule has 0 aromatic heterocycles. The van der Waals surface area contributed by atoms with Crippen LogP contribution in [0.4, 0.5) is 13.2 Å². The van der Waals surface area contributed by atoms with Gasteiger partial charge in [0.1, 0.15) is 0 Å². The van der Waals surface area contributed by atoms with Gasteiger partial charge >= 0.3 is 6.18 Å². The molecule has 3 atom stereocenters. The SMILES string of the molecule is FC(F)(F)C1CCC(Cl)CC1Cl. The first kappa shape index (κ1) is 10.5. The molecule has 0 amide bonds. The average Bonchev–Trinajstić information content (AvgIpc) is 1.83. The normalized spacial score (nSPS) is 38.2. The van der Waals surface area contributed by atoms with Crippen LogP contribution in [0.2, 0.25) is 0 Å². The van der Waals surface area contributed by atoms with E-state index >= 15 is 0 Å². The second-order valence-corrected chi connectivity index (χ2v) is 4.25. The molecule has 12 heavy (non-hydrogen) atoms. The summed E-state index contributed by atoms with van der Waals surface area (Å²) in [7, 11) is 0. The molecule has 0 heterocycles. The third-order valence-electron chi connectivity index (χ3n) is 2.13. The monoisotopic (exact) mass is 220 g/mol. The van der Waals surface area contributed by atoms with Gasteiger partial charge in [0.2, 0.25) is 0 Å². The van der Waals surface area contributed by atoms with Gasteiger partial charge < -0.3 is 0 Å². The zero-order valence-electron chi connectivity index (χ0n) is 6.24. The second-order valence-electron chi connectivity index (χ2n) is 3.07. The van der Waals surface area contributed by atoms with E-state index in [-0.39, 0.29) is 18.2 Å². The highest BCUT2D eigenvalue weighted by molar-refractivity contribution is 6.24. The van der Waals surface area contributed by atoms with E-state index in [1.54, 1.807) is 0 Å². The summed E-state index contributed by atoms with van der Waals surface area (Å²) < 4.78 is 36.6. The maximum absolute atomic E-state index is 12.2. The minimum atomic E-state index is -4.16. The zero-order valence-corrected chi connectivity index (χ0v) is 7.76. The lowest BCUT2D eigenvalue weighted by molar-refractivity contribution is -0.180. The molecular weight excluding hydrogens is 212 g/mol. The molecule has 1 aliphatic rings. The van der Waals surface area contributed by atoms with Gasteiger partial charge in [-0.25, -0.2) is 0 Å². The topological polar surface area (TPSA) is 0 Å². The summed E-state index contributed by atoms with van der Waals surface area (Å²) in [6.45, 7) is 0. The van der Waals surface area contributed by atoms with Crippen molar-refractivity contribution in [3.8, 4) is 0 Å². The fourth-order valence-corrected chi connectivity index (χ4v) is 2.33. The first-order valence-corrected chi connectivity index (χ1v) is 4.63. The van der Waals surface area contributed by atoms with Gasteiger partial charge in [0, 0.05) is 10.8 Å². The van der Waals surface area contributed by atoms with E-state index in [1.807, 2.05) is 0 Å². The first-order valence-electron chi connectivity index (χ1n) is 3.76. The highest BCUT2D eigenvalue weighted by Crippen LogP contribution is 2.41. The largest absolute Gasteiger partial charge is 0.393 e. The lowest BCUT2D eigenvalue weighted by atomic mass is 9.88. The van der Waals surface area contributed by atoms with Crippen LogP contribution in [0.3, 0.4) is 0 Å². The van der Waals surface area contributed by atoms with Crippen LogP contribution in [-0.4, -0.2) is 16.9 Å². The summed E-state index contributed by atoms with van der Waals surface area (Å²) >= 11 is 11.2. The second kappa shape index (κ2) is 3.62. The molecule has 1 aliphatic carbocycles. The highest BCUT2D eigenvalue weighted by Gasteiger charge is 2.46. The number of hydrogen-bond acceptors (Lipinski definition) is 0. The number of alkyl halides is 5. The Morgan fingerprint density at radius 1 is 1.08 bits per heavy atom. The Bertz CT molecular complexity index is 157. The van der Waals surface area contributed by atoms with E-state index in [2.05, 4.69) is 0 Å². The molecule has 0 nitrogen and oxygen atoms in total. The van der Waals surface area contributed by atoms with Crippen LogP contribution in [0, 0.1) is 5.92 Å². The van der Waals surface area contributed by atoms with Crippen LogP contribution in [0.25, 0.3) is 0 Å². The Kier molecular flexibility index (Phi) is 3.16. The molecule has 5 heteroatoms. The highest BCUT2D eigenvalue weighted by atomic mass is 35.5. The molecule has 0 aromatic carbocycles. The molecule has 72 valence electrons. The standard InChI is InChI=1S/C7H9Cl2F3/c8-4-1-2-5(6(9)3-4)7(10,11)12/h4-6H,1-3H2. The minimum absolute atomic E-state index is 0.0613. The van der Waals surface area contributed by atoms with Crippen molar-refractivity contribution in [3.63, 3.8) is 0 Å². The maximum Gasteiger partial charge on any atom is 0.393 e. The van der Waals surface area contributed by atoms with E-state index < -0.39 is 17.5 Å². The summed E-state index contributed by atoms with van der Waals surface area (Å²) in [6, 6.07) is 0. The predicted octanol–water partition coefficient (Wildman–Crippen LogP) is 3.56. The summed E-state index contributed by atoms with van der Waals surface area (Å²) in [5, 5.41) is -1.03. The van der Waals surface area contributed by atoms with Crippen molar-refractivity contribution < 1.29 is 13.2 Å². The minimum Gasteiger partial charge on any atom is -0.171 e. The molecule has 0 saturated heterocycles. The van der Waals surface area contributed by atoms with E-state index in [0.717, 1.165) is 0 Å². The van der Waals surface area contributed by atoms with E-state index in [4.69, 9.17) is 23.2 Å². The van der Waals surface area contributed by atoms with Gasteiger partial charge in [-0.05, 0) is 19.3 Å². The molecule has 1 rings (SSSR count). The summed E-state index contributed by atoms with van der Waals surface area (Å²) in [6.07, 6.45) is -3.43. The van der Waals surface area contributed by atoms with Crippen molar-refractivity contribution >= 4 is 23.2 Å². The van der Waals surface area contributed by atoms with Crippen LogP contribution in [-0.2, 0) is 0 Å². The van der Waals surface area contributed by atoms with Crippen molar-refractivity contribution in [3.05, 3.63) is 0 Å². The molecular formula is C7H9Cl2F3. The van der Waals surface area contributed by atoms with Gasteiger partial charge in [-0.15, -0.1) is 23.2 Å². The van der Waals surface area contributed by atoms with Crippen molar-refractivity contribution in [1.29, 1.82) is 0 Å². The summed E-state index contributed by atoms with van der Waals surface area (Å²) in [5.74, 6) is -1.37. The van der Waals surface area contributed by atoms with Gasteiger partial charge in [0.15, 0.2) is 0 Å². The first-order chi connectivity index (χ1) is 5.41. The predicted molar refractivity (Wildman–Crippen MR) is 42.7 cm³/mol. The molecule has 0 aromatic rings. The molecule has 0 radical (unpaired) electrons. The van der Waals surface area contributed by atoms with Crippen molar-refractivity contribution in [1.82, 2.24) is 0 Å². The van der Waals surface area contributed by atoms with Gasteiger partial charge in [-0.3, -0.25) is 0 Å². The van der Waals surface area contributed by atoms with Gasteiger partial charge in [-0.1, -0.05) is 0 Å². The number of rotatable bonds is 0. The third kappa shape index (κ3) is 2.43. The molecule has 0 bridgehead atoms. The van der Waals surface area contributed by atoms with Gasteiger partial charge in [-0.2, -0.15) is 13.2 Å². The van der Waals surface area contributed by atoms with Crippen LogP contribution >= 0.6 is 23.2 Å². The Balaban J connectivity index is 2.57. The molecule has 1 fully saturated rings. The van der Waals surface area contributed by atoms with E-state index in [9.17, 15) is 13.2 Å². The van der Waals surface area contributed by atoms with Crippen LogP contribution in [0.5, 0.6) is 0 Å². The quantitative estimate of drug-likeness (QED) is 0.548. The molecule has 0 aliphatic heterocycles. The fourth-order valence-electron chi connectivity index (χ4n) is 1.44. The average molecular weight is 221 g/mol. The van der Waals surface area contributed by atoms with Gasteiger partial charge in [0.05, 0.1) is 5.92 Å². The molecule has 0 spiro atoms.